The van der Waals surface area contributed by atoms with Crippen molar-refractivity contribution in [1.82, 2.24) is 10.6 Å². The summed E-state index contributed by atoms with van der Waals surface area (Å²) in [5.41, 5.74) is 4.74. The molecule has 1 unspecified atom stereocenters. The summed E-state index contributed by atoms with van der Waals surface area (Å²) in [7, 11) is 0. The van der Waals surface area contributed by atoms with Crippen molar-refractivity contribution in [3.63, 3.8) is 0 Å². The zero-order chi connectivity index (χ0) is 20.3. The predicted octanol–water partition coefficient (Wildman–Crippen LogP) is 6.94. The Morgan fingerprint density at radius 2 is 1.44 bits per heavy atom. The van der Waals surface area contributed by atoms with E-state index in [4.69, 9.17) is 0 Å². The van der Waals surface area contributed by atoms with E-state index in [1.165, 1.54) is 38.5 Å². The van der Waals surface area contributed by atoms with Gasteiger partial charge in [-0.1, -0.05) is 71.3 Å². The molecule has 1 atom stereocenters. The lowest BCUT2D eigenvalue weighted by atomic mass is 9.95. The van der Waals surface area contributed by atoms with Crippen LogP contribution in [0.25, 0.3) is 0 Å². The first kappa shape index (κ1) is 26.1. The summed E-state index contributed by atoms with van der Waals surface area (Å²) < 4.78 is 0. The molecule has 2 N–H and O–H groups in total. The molecule has 158 valence electrons. The number of likely N-dealkylation sites (N-methyl/N-ethyl adjacent to an activating group) is 1. The summed E-state index contributed by atoms with van der Waals surface area (Å²) in [6.07, 6.45) is 18.2. The molecule has 0 fully saturated rings. The van der Waals surface area contributed by atoms with Crippen LogP contribution in [0.1, 0.15) is 99.3 Å². The lowest BCUT2D eigenvalue weighted by Gasteiger charge is -2.16. The van der Waals surface area contributed by atoms with E-state index in [9.17, 15) is 0 Å². The van der Waals surface area contributed by atoms with E-state index < -0.39 is 0 Å². The molecule has 2 nitrogen and oxygen atoms in total. The summed E-state index contributed by atoms with van der Waals surface area (Å²) in [6.45, 7) is 16.8. The Labute approximate surface area is 171 Å². The van der Waals surface area contributed by atoms with Crippen molar-refractivity contribution in [1.29, 1.82) is 0 Å². The molecular weight excluding hydrogens is 328 g/mol. The molecule has 0 aromatic heterocycles. The van der Waals surface area contributed by atoms with Crippen molar-refractivity contribution in [3.05, 3.63) is 34.9 Å². The highest BCUT2D eigenvalue weighted by Crippen LogP contribution is 2.22. The van der Waals surface area contributed by atoms with Crippen molar-refractivity contribution in [3.8, 4) is 0 Å². The van der Waals surface area contributed by atoms with Gasteiger partial charge in [0.15, 0.2) is 0 Å². The van der Waals surface area contributed by atoms with Crippen molar-refractivity contribution >= 4 is 0 Å². The quantitative estimate of drug-likeness (QED) is 0.163. The minimum Gasteiger partial charge on any atom is -0.316 e. The van der Waals surface area contributed by atoms with Gasteiger partial charge in [-0.3, -0.25) is 0 Å². The molecule has 0 aromatic rings. The molecule has 0 bridgehead atoms. The molecule has 0 aliphatic heterocycles. The van der Waals surface area contributed by atoms with E-state index in [0.717, 1.165) is 38.9 Å². The number of nitrogens with one attached hydrogen (secondary N) is 2. The van der Waals surface area contributed by atoms with Gasteiger partial charge in [0.05, 0.1) is 0 Å². The second-order valence-corrected chi connectivity index (χ2v) is 7.56. The molecule has 0 aliphatic carbocycles. The zero-order valence-corrected chi connectivity index (χ0v) is 19.3. The van der Waals surface area contributed by atoms with E-state index in [0.29, 0.717) is 6.04 Å². The molecule has 0 saturated carbocycles. The maximum absolute atomic E-state index is 3.64. The Bertz CT molecular complexity index is 432. The minimum absolute atomic E-state index is 0.582. The second-order valence-electron chi connectivity index (χ2n) is 7.56. The first-order chi connectivity index (χ1) is 13.1. The van der Waals surface area contributed by atoms with Gasteiger partial charge in [-0.25, -0.2) is 0 Å². The van der Waals surface area contributed by atoms with Gasteiger partial charge < -0.3 is 10.6 Å². The van der Waals surface area contributed by atoms with Crippen LogP contribution in [0.15, 0.2) is 34.9 Å². The lowest BCUT2D eigenvalue weighted by Crippen LogP contribution is -2.33. The highest BCUT2D eigenvalue weighted by atomic mass is 15.0. The Balaban J connectivity index is 4.75. The Morgan fingerprint density at radius 3 is 2.04 bits per heavy atom. The van der Waals surface area contributed by atoms with E-state index >= 15 is 0 Å². The van der Waals surface area contributed by atoms with Gasteiger partial charge in [0, 0.05) is 19.1 Å². The van der Waals surface area contributed by atoms with E-state index in [1.54, 1.807) is 16.7 Å². The van der Waals surface area contributed by atoms with Crippen LogP contribution >= 0.6 is 0 Å². The van der Waals surface area contributed by atoms with Crippen LogP contribution in [0.4, 0.5) is 0 Å². The van der Waals surface area contributed by atoms with Crippen LogP contribution < -0.4 is 10.6 Å². The smallest absolute Gasteiger partial charge is 0.00792 e. The summed E-state index contributed by atoms with van der Waals surface area (Å²) in [5.74, 6) is 0. The van der Waals surface area contributed by atoms with Crippen LogP contribution in [0.3, 0.4) is 0 Å². The summed E-state index contributed by atoms with van der Waals surface area (Å²) in [4.78, 5) is 0. The Kier molecular flexibility index (Phi) is 17.9. The zero-order valence-electron chi connectivity index (χ0n) is 19.3. The van der Waals surface area contributed by atoms with Crippen LogP contribution in [-0.2, 0) is 0 Å². The fourth-order valence-electron chi connectivity index (χ4n) is 3.30. The molecule has 2 heteroatoms. The van der Waals surface area contributed by atoms with Crippen LogP contribution in [0, 0.1) is 0 Å². The average Bonchev–Trinajstić information content (AvgIpc) is 2.69. The van der Waals surface area contributed by atoms with E-state index in [2.05, 4.69) is 70.4 Å². The van der Waals surface area contributed by atoms with Crippen LogP contribution in [0.5, 0.6) is 0 Å². The maximum atomic E-state index is 3.64. The molecule has 0 saturated heterocycles. The van der Waals surface area contributed by atoms with E-state index in [1.807, 2.05) is 0 Å². The summed E-state index contributed by atoms with van der Waals surface area (Å²) in [5, 5.41) is 7.02. The fraction of sp³-hybridized carbons (Fsp3) is 0.760. The second kappa shape index (κ2) is 18.5. The third-order valence-corrected chi connectivity index (χ3v) is 5.13. The molecule has 0 radical (unpaired) electrons. The number of hydrogen-bond acceptors (Lipinski definition) is 2. The van der Waals surface area contributed by atoms with Crippen LogP contribution in [-0.4, -0.2) is 25.7 Å². The SMILES string of the molecule is CCCC=C(CC)/C(=C\C/C(=C/CCC)CCC(C)NCCNCC)CC. The minimum atomic E-state index is 0.582. The molecular formula is C25H48N2. The van der Waals surface area contributed by atoms with Gasteiger partial charge in [-0.05, 0) is 69.6 Å². The van der Waals surface area contributed by atoms with Gasteiger partial charge >= 0.3 is 0 Å². The summed E-state index contributed by atoms with van der Waals surface area (Å²) >= 11 is 0. The molecule has 0 heterocycles. The molecule has 0 rings (SSSR count). The lowest BCUT2D eigenvalue weighted by molar-refractivity contribution is 0.502. The number of allylic oxidation sites excluding steroid dienone is 6. The number of rotatable bonds is 17. The molecule has 27 heavy (non-hydrogen) atoms. The normalized spacial score (nSPS) is 14.7. The molecule has 0 aliphatic rings. The Hall–Kier alpha value is -0.860. The van der Waals surface area contributed by atoms with Crippen molar-refractivity contribution < 1.29 is 0 Å². The van der Waals surface area contributed by atoms with Crippen molar-refractivity contribution in [2.24, 2.45) is 0 Å². The average molecular weight is 377 g/mol. The molecule has 0 spiro atoms. The van der Waals surface area contributed by atoms with Gasteiger partial charge in [-0.15, -0.1) is 0 Å². The molecule has 0 aromatic carbocycles. The molecule has 0 amide bonds. The summed E-state index contributed by atoms with van der Waals surface area (Å²) in [6, 6.07) is 0.582. The van der Waals surface area contributed by atoms with Gasteiger partial charge in [-0.2, -0.15) is 0 Å². The standard InChI is InChI=1S/C25H48N2/c1-7-12-14-23(17-16-22(6)27-21-20-26-11-5)18-19-25(10-4)24(9-3)15-13-8-2/h14-15,19,22,26-27H,7-13,16-18,20-21H2,1-6H3/b23-14+,24-15?,25-19-. The van der Waals surface area contributed by atoms with Gasteiger partial charge in [0.25, 0.3) is 0 Å². The maximum Gasteiger partial charge on any atom is 0.00792 e. The topological polar surface area (TPSA) is 24.1 Å². The Morgan fingerprint density at radius 1 is 0.815 bits per heavy atom. The number of hydrogen-bond donors (Lipinski definition) is 2. The highest BCUT2D eigenvalue weighted by molar-refractivity contribution is 5.31. The van der Waals surface area contributed by atoms with Crippen LogP contribution in [0.2, 0.25) is 0 Å². The fourth-order valence-corrected chi connectivity index (χ4v) is 3.30. The third kappa shape index (κ3) is 13.9. The monoisotopic (exact) mass is 376 g/mol. The van der Waals surface area contributed by atoms with Gasteiger partial charge in [0.1, 0.15) is 0 Å². The first-order valence-electron chi connectivity index (χ1n) is 11.6. The van der Waals surface area contributed by atoms with Crippen molar-refractivity contribution in [2.45, 2.75) is 105 Å². The van der Waals surface area contributed by atoms with E-state index in [-0.39, 0.29) is 0 Å². The largest absolute Gasteiger partial charge is 0.316 e. The highest BCUT2D eigenvalue weighted by Gasteiger charge is 2.05. The predicted molar refractivity (Wildman–Crippen MR) is 125 cm³/mol. The van der Waals surface area contributed by atoms with Gasteiger partial charge in [0.2, 0.25) is 0 Å². The van der Waals surface area contributed by atoms with Crippen molar-refractivity contribution in [2.75, 3.05) is 19.6 Å². The number of unbranched alkanes of at least 4 members (excludes halogenated alkanes) is 2. The third-order valence-electron chi connectivity index (χ3n) is 5.13. The first-order valence-corrected chi connectivity index (χ1v) is 11.6.